The lowest BCUT2D eigenvalue weighted by Gasteiger charge is -2.29. The molecule has 1 aliphatic heterocycles. The van der Waals surface area contributed by atoms with Crippen molar-refractivity contribution in [2.45, 2.75) is 39.3 Å². The fraction of sp³-hybridized carbons (Fsp3) is 0.786. The Balaban J connectivity index is 2.13. The van der Waals surface area contributed by atoms with Crippen molar-refractivity contribution < 1.29 is 5.11 Å². The smallest absolute Gasteiger partial charge is 0.132 e. The van der Waals surface area contributed by atoms with Gasteiger partial charge in [0.1, 0.15) is 5.82 Å². The second kappa shape index (κ2) is 5.92. The third-order valence-electron chi connectivity index (χ3n) is 4.22. The summed E-state index contributed by atoms with van der Waals surface area (Å²) in [5.74, 6) is 1.04. The Morgan fingerprint density at radius 3 is 2.84 bits per heavy atom. The number of aliphatic hydroxyl groups is 1. The van der Waals surface area contributed by atoms with Crippen LogP contribution in [0.3, 0.4) is 0 Å². The molecule has 0 aliphatic carbocycles. The molecule has 5 heteroatoms. The molecule has 1 N–H and O–H groups in total. The highest BCUT2D eigenvalue weighted by atomic mass is 16.3. The lowest BCUT2D eigenvalue weighted by Crippen LogP contribution is -2.39. The maximum absolute atomic E-state index is 9.53. The molecule has 1 atom stereocenters. The first kappa shape index (κ1) is 14.3. The summed E-state index contributed by atoms with van der Waals surface area (Å²) in [6.07, 6.45) is 2.56. The van der Waals surface area contributed by atoms with Gasteiger partial charge in [-0.3, -0.25) is 9.58 Å². The van der Waals surface area contributed by atoms with E-state index in [4.69, 9.17) is 0 Å². The Hall–Kier alpha value is -1.07. The molecule has 0 radical (unpaired) electrons. The number of hydrogen-bond donors (Lipinski definition) is 1. The largest absolute Gasteiger partial charge is 0.391 e. The van der Waals surface area contributed by atoms with Crippen molar-refractivity contribution in [1.29, 1.82) is 0 Å². The topological polar surface area (TPSA) is 44.5 Å². The summed E-state index contributed by atoms with van der Waals surface area (Å²) in [7, 11) is 4.05. The van der Waals surface area contributed by atoms with Gasteiger partial charge in [0.05, 0.1) is 12.3 Å². The molecule has 5 nitrogen and oxygen atoms in total. The molecule has 0 saturated carbocycles. The van der Waals surface area contributed by atoms with E-state index in [0.29, 0.717) is 6.04 Å². The summed E-state index contributed by atoms with van der Waals surface area (Å²) < 4.78 is 1.88. The number of likely N-dealkylation sites (tertiary alicyclic amines) is 1. The Kier molecular flexibility index (Phi) is 4.47. The maximum Gasteiger partial charge on any atom is 0.132 e. The van der Waals surface area contributed by atoms with Crippen LogP contribution in [-0.4, -0.2) is 52.5 Å². The molecule has 1 unspecified atom stereocenters. The zero-order valence-electron chi connectivity index (χ0n) is 12.6. The van der Waals surface area contributed by atoms with E-state index in [1.807, 2.05) is 18.7 Å². The van der Waals surface area contributed by atoms with Crippen molar-refractivity contribution in [3.05, 3.63) is 11.3 Å². The molecule has 2 rings (SSSR count). The van der Waals surface area contributed by atoms with Crippen LogP contribution in [0.25, 0.3) is 0 Å². The molecule has 0 amide bonds. The van der Waals surface area contributed by atoms with Gasteiger partial charge in [0.25, 0.3) is 0 Å². The quantitative estimate of drug-likeness (QED) is 0.868. The summed E-state index contributed by atoms with van der Waals surface area (Å²) in [4.78, 5) is 4.78. The van der Waals surface area contributed by atoms with Crippen LogP contribution < -0.4 is 4.90 Å². The first-order valence-corrected chi connectivity index (χ1v) is 7.17. The minimum absolute atomic E-state index is 0.0570. The van der Waals surface area contributed by atoms with Crippen molar-refractivity contribution in [1.82, 2.24) is 14.7 Å². The molecule has 1 aromatic heterocycles. The van der Waals surface area contributed by atoms with Gasteiger partial charge in [-0.05, 0) is 32.9 Å². The Labute approximate surface area is 115 Å². The highest BCUT2D eigenvalue weighted by Gasteiger charge is 2.26. The number of nitrogens with zero attached hydrogens (tertiary/aromatic N) is 4. The Morgan fingerprint density at radius 2 is 2.21 bits per heavy atom. The number of aromatic nitrogens is 2. The van der Waals surface area contributed by atoms with E-state index in [-0.39, 0.29) is 6.61 Å². The van der Waals surface area contributed by atoms with Gasteiger partial charge in [-0.25, -0.2) is 0 Å². The van der Waals surface area contributed by atoms with Crippen LogP contribution in [0.2, 0.25) is 0 Å². The second-order valence-corrected chi connectivity index (χ2v) is 5.47. The molecule has 0 aromatic carbocycles. The normalized spacial score (nSPS) is 20.2. The molecule has 108 valence electrons. The second-order valence-electron chi connectivity index (χ2n) is 5.47. The fourth-order valence-electron chi connectivity index (χ4n) is 3.27. The molecule has 1 aromatic rings. The molecule has 0 bridgehead atoms. The third-order valence-corrected chi connectivity index (χ3v) is 4.22. The summed E-state index contributed by atoms with van der Waals surface area (Å²) in [5.41, 5.74) is 1.87. The summed E-state index contributed by atoms with van der Waals surface area (Å²) in [5, 5.41) is 13.9. The molecular formula is C14H26N4O. The first-order chi connectivity index (χ1) is 9.08. The van der Waals surface area contributed by atoms with Crippen LogP contribution in [0.15, 0.2) is 0 Å². The van der Waals surface area contributed by atoms with E-state index in [1.165, 1.54) is 19.4 Å². The average molecular weight is 266 g/mol. The predicted octanol–water partition coefficient (Wildman–Crippen LogP) is 1.14. The third kappa shape index (κ3) is 2.77. The zero-order valence-corrected chi connectivity index (χ0v) is 12.6. The van der Waals surface area contributed by atoms with Crippen LogP contribution in [0, 0.1) is 6.92 Å². The molecular weight excluding hydrogens is 240 g/mol. The van der Waals surface area contributed by atoms with Crippen molar-refractivity contribution in [3.8, 4) is 0 Å². The molecule has 1 fully saturated rings. The van der Waals surface area contributed by atoms with Crippen molar-refractivity contribution in [2.24, 2.45) is 7.05 Å². The van der Waals surface area contributed by atoms with Crippen molar-refractivity contribution in [3.63, 3.8) is 0 Å². The monoisotopic (exact) mass is 266 g/mol. The van der Waals surface area contributed by atoms with E-state index in [9.17, 15) is 5.11 Å². The van der Waals surface area contributed by atoms with Crippen LogP contribution in [0.4, 0.5) is 5.82 Å². The van der Waals surface area contributed by atoms with Gasteiger partial charge in [-0.2, -0.15) is 5.10 Å². The van der Waals surface area contributed by atoms with Crippen molar-refractivity contribution in [2.75, 3.05) is 31.6 Å². The molecule has 1 saturated heterocycles. The minimum Gasteiger partial charge on any atom is -0.391 e. The van der Waals surface area contributed by atoms with Gasteiger partial charge in [0.15, 0.2) is 0 Å². The minimum atomic E-state index is 0.0570. The van der Waals surface area contributed by atoms with Crippen LogP contribution in [-0.2, 0) is 13.7 Å². The average Bonchev–Trinajstić information content (AvgIpc) is 2.92. The number of hydrogen-bond acceptors (Lipinski definition) is 4. The Morgan fingerprint density at radius 1 is 1.47 bits per heavy atom. The fourth-order valence-corrected chi connectivity index (χ4v) is 3.27. The first-order valence-electron chi connectivity index (χ1n) is 7.17. The number of rotatable bonds is 5. The highest BCUT2D eigenvalue weighted by Crippen LogP contribution is 2.25. The SMILES string of the molecule is CCN1CCCC1CN(C)c1c(CO)c(C)nn1C. The maximum atomic E-state index is 9.53. The van der Waals surface area contributed by atoms with E-state index >= 15 is 0 Å². The summed E-state index contributed by atoms with van der Waals surface area (Å²) >= 11 is 0. The van der Waals surface area contributed by atoms with Crippen molar-refractivity contribution >= 4 is 5.82 Å². The van der Waals surface area contributed by atoms with E-state index in [2.05, 4.69) is 28.9 Å². The number of anilines is 1. The lowest BCUT2D eigenvalue weighted by atomic mass is 10.2. The molecule has 1 aliphatic rings. The van der Waals surface area contributed by atoms with Gasteiger partial charge >= 0.3 is 0 Å². The van der Waals surface area contributed by atoms with E-state index in [1.54, 1.807) is 0 Å². The number of likely N-dealkylation sites (N-methyl/N-ethyl adjacent to an activating group) is 2. The standard InChI is InChI=1S/C14H26N4O/c1-5-18-8-6-7-12(18)9-16(3)14-13(10-19)11(2)15-17(14)4/h12,19H,5-10H2,1-4H3. The summed E-state index contributed by atoms with van der Waals surface area (Å²) in [6, 6.07) is 0.622. The lowest BCUT2D eigenvalue weighted by molar-refractivity contribution is 0.268. The van der Waals surface area contributed by atoms with Gasteiger partial charge in [0, 0.05) is 32.2 Å². The van der Waals surface area contributed by atoms with Crippen LogP contribution in [0.1, 0.15) is 31.0 Å². The van der Waals surface area contributed by atoms with Gasteiger partial charge in [0.2, 0.25) is 0 Å². The van der Waals surface area contributed by atoms with Gasteiger partial charge in [-0.15, -0.1) is 0 Å². The van der Waals surface area contributed by atoms with Gasteiger partial charge < -0.3 is 10.0 Å². The Bertz CT molecular complexity index is 429. The van der Waals surface area contributed by atoms with Crippen LogP contribution >= 0.6 is 0 Å². The molecule has 19 heavy (non-hydrogen) atoms. The summed E-state index contributed by atoms with van der Waals surface area (Å²) in [6.45, 7) is 7.58. The molecule has 0 spiro atoms. The van der Waals surface area contributed by atoms with E-state index in [0.717, 1.165) is 30.2 Å². The number of aryl methyl sites for hydroxylation is 2. The predicted molar refractivity (Wildman–Crippen MR) is 77.4 cm³/mol. The highest BCUT2D eigenvalue weighted by molar-refractivity contribution is 5.49. The zero-order chi connectivity index (χ0) is 14.0. The molecule has 2 heterocycles. The van der Waals surface area contributed by atoms with E-state index < -0.39 is 0 Å². The van der Waals surface area contributed by atoms with Crippen LogP contribution in [0.5, 0.6) is 0 Å². The number of aliphatic hydroxyl groups excluding tert-OH is 1. The van der Waals surface area contributed by atoms with Gasteiger partial charge in [-0.1, -0.05) is 6.92 Å².